The monoisotopic (exact) mass is 254 g/mol. The van der Waals surface area contributed by atoms with E-state index in [1.54, 1.807) is 12.1 Å². The van der Waals surface area contributed by atoms with Crippen LogP contribution >= 0.6 is 0 Å². The predicted molar refractivity (Wildman–Crippen MR) is 66.7 cm³/mol. The molecule has 0 aliphatic carbocycles. The van der Waals surface area contributed by atoms with Gasteiger partial charge >= 0.3 is 6.09 Å². The number of rotatable bonds is 6. The van der Waals surface area contributed by atoms with Crippen molar-refractivity contribution in [1.29, 1.82) is 0 Å². The molecule has 1 aromatic heterocycles. The molecule has 0 aliphatic rings. The van der Waals surface area contributed by atoms with Crippen LogP contribution in [0.15, 0.2) is 18.3 Å². The van der Waals surface area contributed by atoms with Crippen molar-refractivity contribution in [3.05, 3.63) is 18.3 Å². The number of nitrogens with one attached hydrogen (secondary N) is 1. The minimum atomic E-state index is -0.511. The summed E-state index contributed by atoms with van der Waals surface area (Å²) in [6.07, 6.45) is 1.63. The average Bonchev–Trinajstić information content (AvgIpc) is 2.36. The summed E-state index contributed by atoms with van der Waals surface area (Å²) in [6, 6.07) is 3.19. The number of hydrogen-bond acceptors (Lipinski definition) is 5. The van der Waals surface area contributed by atoms with Crippen LogP contribution in [0.2, 0.25) is 0 Å². The summed E-state index contributed by atoms with van der Waals surface area (Å²) in [6.45, 7) is 3.83. The summed E-state index contributed by atoms with van der Waals surface area (Å²) in [4.78, 5) is 15.4. The molecule has 0 fully saturated rings. The second-order valence-electron chi connectivity index (χ2n) is 3.70. The molecule has 0 aromatic carbocycles. The number of aromatic nitrogens is 1. The number of nitrogens with zero attached hydrogens (tertiary/aromatic N) is 1. The molecule has 18 heavy (non-hydrogen) atoms. The Labute approximate surface area is 106 Å². The van der Waals surface area contributed by atoms with Crippen molar-refractivity contribution in [1.82, 2.24) is 4.98 Å². The van der Waals surface area contributed by atoms with E-state index in [1.165, 1.54) is 6.20 Å². The smallest absolute Gasteiger partial charge is 0.411 e. The molecular formula is C12H18N2O4. The zero-order valence-corrected chi connectivity index (χ0v) is 10.5. The number of amides is 1. The largest absolute Gasteiger partial charge is 0.475 e. The maximum absolute atomic E-state index is 11.5. The van der Waals surface area contributed by atoms with E-state index in [1.807, 2.05) is 13.8 Å². The van der Waals surface area contributed by atoms with E-state index in [0.29, 0.717) is 11.6 Å². The van der Waals surface area contributed by atoms with Gasteiger partial charge in [0.1, 0.15) is 12.7 Å². The molecule has 6 nitrogen and oxygen atoms in total. The molecule has 1 unspecified atom stereocenters. The van der Waals surface area contributed by atoms with Crippen molar-refractivity contribution >= 4 is 11.8 Å². The molecule has 0 spiro atoms. The molecule has 100 valence electrons. The van der Waals surface area contributed by atoms with Gasteiger partial charge in [-0.25, -0.2) is 9.78 Å². The van der Waals surface area contributed by atoms with Gasteiger partial charge in [-0.1, -0.05) is 6.92 Å². The molecule has 1 heterocycles. The predicted octanol–water partition coefficient (Wildman–Crippen LogP) is 1.80. The summed E-state index contributed by atoms with van der Waals surface area (Å²) >= 11 is 0. The Hall–Kier alpha value is -1.82. The minimum absolute atomic E-state index is 0.0879. The van der Waals surface area contributed by atoms with Crippen LogP contribution in [0, 0.1) is 0 Å². The maximum Gasteiger partial charge on any atom is 0.411 e. The van der Waals surface area contributed by atoms with E-state index in [9.17, 15) is 4.79 Å². The average molecular weight is 254 g/mol. The summed E-state index contributed by atoms with van der Waals surface area (Å²) in [5.74, 6) is 0.338. The van der Waals surface area contributed by atoms with Crippen LogP contribution < -0.4 is 10.1 Å². The minimum Gasteiger partial charge on any atom is -0.475 e. The van der Waals surface area contributed by atoms with Crippen molar-refractivity contribution in [3.8, 4) is 5.88 Å². The highest BCUT2D eigenvalue weighted by Gasteiger charge is 2.08. The molecule has 0 saturated heterocycles. The standard InChI is InChI=1S/C12H18N2O4/c1-3-9(2)18-12(16)14-10-4-5-13-11(8-10)17-7-6-15/h4-5,8-9,15H,3,6-7H2,1-2H3,(H,13,14,16). The van der Waals surface area contributed by atoms with E-state index >= 15 is 0 Å². The van der Waals surface area contributed by atoms with Gasteiger partial charge in [0.05, 0.1) is 12.3 Å². The second kappa shape index (κ2) is 7.50. The molecule has 1 aromatic rings. The van der Waals surface area contributed by atoms with Crippen molar-refractivity contribution in [3.63, 3.8) is 0 Å². The highest BCUT2D eigenvalue weighted by Crippen LogP contribution is 2.14. The van der Waals surface area contributed by atoms with E-state index in [0.717, 1.165) is 6.42 Å². The highest BCUT2D eigenvalue weighted by atomic mass is 16.6. The maximum atomic E-state index is 11.5. The first-order chi connectivity index (χ1) is 8.65. The number of pyridine rings is 1. The second-order valence-corrected chi connectivity index (χ2v) is 3.70. The Morgan fingerprint density at radius 1 is 1.61 bits per heavy atom. The lowest BCUT2D eigenvalue weighted by atomic mass is 10.3. The van der Waals surface area contributed by atoms with E-state index < -0.39 is 6.09 Å². The van der Waals surface area contributed by atoms with E-state index in [4.69, 9.17) is 14.6 Å². The van der Waals surface area contributed by atoms with Gasteiger partial charge in [-0.3, -0.25) is 5.32 Å². The first kappa shape index (κ1) is 14.2. The lowest BCUT2D eigenvalue weighted by molar-refractivity contribution is 0.118. The van der Waals surface area contributed by atoms with Crippen LogP contribution in [0.1, 0.15) is 20.3 Å². The van der Waals surface area contributed by atoms with Crippen LogP contribution in [0.3, 0.4) is 0 Å². The van der Waals surface area contributed by atoms with Crippen LogP contribution in [-0.4, -0.2) is 35.5 Å². The number of carbonyl (C=O) groups is 1. The van der Waals surface area contributed by atoms with Gasteiger partial charge in [0.25, 0.3) is 0 Å². The van der Waals surface area contributed by atoms with E-state index in [-0.39, 0.29) is 19.3 Å². The molecule has 1 rings (SSSR count). The number of anilines is 1. The Bertz CT molecular complexity index is 384. The number of aliphatic hydroxyl groups excluding tert-OH is 1. The van der Waals surface area contributed by atoms with E-state index in [2.05, 4.69) is 10.3 Å². The molecule has 2 N–H and O–H groups in total. The number of aliphatic hydroxyl groups is 1. The van der Waals surface area contributed by atoms with Gasteiger partial charge in [0, 0.05) is 12.3 Å². The first-order valence-corrected chi connectivity index (χ1v) is 5.83. The SMILES string of the molecule is CCC(C)OC(=O)Nc1ccnc(OCCO)c1. The van der Waals surface area contributed by atoms with Gasteiger partial charge in [-0.15, -0.1) is 0 Å². The van der Waals surface area contributed by atoms with Crippen LogP contribution in [-0.2, 0) is 4.74 Å². The molecule has 0 saturated carbocycles. The quantitative estimate of drug-likeness (QED) is 0.809. The summed E-state index contributed by atoms with van der Waals surface area (Å²) in [5, 5.41) is 11.2. The molecule has 0 radical (unpaired) electrons. The molecule has 6 heteroatoms. The molecule has 0 aliphatic heterocycles. The number of ether oxygens (including phenoxy) is 2. The Morgan fingerprint density at radius 3 is 3.06 bits per heavy atom. The topological polar surface area (TPSA) is 80.7 Å². The van der Waals surface area contributed by atoms with Crippen molar-refractivity contribution in [2.75, 3.05) is 18.5 Å². The Balaban J connectivity index is 2.53. The fraction of sp³-hybridized carbons (Fsp3) is 0.500. The zero-order chi connectivity index (χ0) is 13.4. The van der Waals surface area contributed by atoms with Gasteiger partial charge in [-0.2, -0.15) is 0 Å². The number of hydrogen-bond donors (Lipinski definition) is 2. The Morgan fingerprint density at radius 2 is 2.39 bits per heavy atom. The summed E-state index contributed by atoms with van der Waals surface area (Å²) in [7, 11) is 0. The summed E-state index contributed by atoms with van der Waals surface area (Å²) < 4.78 is 10.2. The van der Waals surface area contributed by atoms with Crippen molar-refractivity contribution in [2.45, 2.75) is 26.4 Å². The third-order valence-corrected chi connectivity index (χ3v) is 2.21. The van der Waals surface area contributed by atoms with Gasteiger partial charge in [0.15, 0.2) is 0 Å². The third kappa shape index (κ3) is 5.01. The fourth-order valence-electron chi connectivity index (χ4n) is 1.13. The highest BCUT2D eigenvalue weighted by molar-refractivity contribution is 5.84. The van der Waals surface area contributed by atoms with Crippen LogP contribution in [0.5, 0.6) is 5.88 Å². The zero-order valence-electron chi connectivity index (χ0n) is 10.5. The lowest BCUT2D eigenvalue weighted by Gasteiger charge is -2.12. The van der Waals surface area contributed by atoms with Crippen molar-refractivity contribution in [2.24, 2.45) is 0 Å². The third-order valence-electron chi connectivity index (χ3n) is 2.21. The van der Waals surface area contributed by atoms with Crippen LogP contribution in [0.25, 0.3) is 0 Å². The molecular weight excluding hydrogens is 236 g/mol. The van der Waals surface area contributed by atoms with Gasteiger partial charge in [0.2, 0.25) is 5.88 Å². The summed E-state index contributed by atoms with van der Waals surface area (Å²) in [5.41, 5.74) is 0.534. The fourth-order valence-corrected chi connectivity index (χ4v) is 1.13. The first-order valence-electron chi connectivity index (χ1n) is 5.83. The Kier molecular flexibility index (Phi) is 5.93. The van der Waals surface area contributed by atoms with Gasteiger partial charge in [-0.05, 0) is 19.4 Å². The molecule has 0 bridgehead atoms. The lowest BCUT2D eigenvalue weighted by Crippen LogP contribution is -2.19. The normalized spacial score (nSPS) is 11.7. The number of carbonyl (C=O) groups excluding carboxylic acids is 1. The molecule has 1 amide bonds. The van der Waals surface area contributed by atoms with Gasteiger partial charge < -0.3 is 14.6 Å². The van der Waals surface area contributed by atoms with Crippen molar-refractivity contribution < 1.29 is 19.4 Å². The molecule has 1 atom stereocenters. The van der Waals surface area contributed by atoms with Crippen LogP contribution in [0.4, 0.5) is 10.5 Å².